The Morgan fingerprint density at radius 2 is 1.50 bits per heavy atom. The molecule has 3 aromatic rings. The molecular weight excluding hydrogens is 529 g/mol. The molecule has 8 nitrogen and oxygen atoms in total. The molecule has 3 N–H and O–H groups in total. The van der Waals surface area contributed by atoms with Gasteiger partial charge in [-0.1, -0.05) is 23.7 Å². The normalized spacial score (nSPS) is 11.6. The van der Waals surface area contributed by atoms with Gasteiger partial charge in [-0.3, -0.25) is 9.32 Å². The second-order valence-electron chi connectivity index (χ2n) is 6.66. The maximum atomic E-state index is 12.7. The van der Waals surface area contributed by atoms with E-state index in [-0.39, 0.29) is 73.4 Å². The van der Waals surface area contributed by atoms with E-state index in [2.05, 4.69) is 14.2 Å². The number of alkyl halides is 3. The number of aromatic nitrogens is 1. The first-order valence-corrected chi connectivity index (χ1v) is 11.0. The molecule has 3 rings (SSSR count). The summed E-state index contributed by atoms with van der Waals surface area (Å²) < 4.78 is 61.7. The fourth-order valence-corrected chi connectivity index (χ4v) is 3.30. The third-order valence-electron chi connectivity index (χ3n) is 4.21. The van der Waals surface area contributed by atoms with Crippen LogP contribution in [0.2, 0.25) is 5.02 Å². The van der Waals surface area contributed by atoms with Crippen LogP contribution < -0.4 is 14.9 Å². The molecule has 0 spiro atoms. The number of halogens is 4. The first-order valence-electron chi connectivity index (χ1n) is 9.08. The Balaban J connectivity index is 0.00000408. The quantitative estimate of drug-likeness (QED) is 0.285. The number of aryl methyl sites for hydroxylation is 1. The molecule has 1 aromatic heterocycles. The molecule has 0 aliphatic rings. The number of phosphoric acid groups is 1. The molecule has 0 aliphatic heterocycles. The summed E-state index contributed by atoms with van der Waals surface area (Å²) in [6, 6.07) is 10.8. The summed E-state index contributed by atoms with van der Waals surface area (Å²) in [5, 5.41) is -0.0913. The van der Waals surface area contributed by atoms with E-state index >= 15 is 0 Å². The minimum absolute atomic E-state index is 0. The molecule has 0 saturated carbocycles. The van der Waals surface area contributed by atoms with Crippen LogP contribution in [0.4, 0.5) is 13.2 Å². The predicted molar refractivity (Wildman–Crippen MR) is 118 cm³/mol. The van der Waals surface area contributed by atoms with E-state index < -0.39 is 32.0 Å². The molecule has 1 heterocycles. The van der Waals surface area contributed by atoms with Crippen LogP contribution in [-0.4, -0.2) is 72.5 Å². The van der Waals surface area contributed by atoms with Crippen LogP contribution in [0, 0.1) is 6.92 Å². The third-order valence-corrected chi connectivity index (χ3v) is 5.13. The zero-order valence-electron chi connectivity index (χ0n) is 17.7. The van der Waals surface area contributed by atoms with Gasteiger partial charge in [0.05, 0.1) is 17.9 Å². The number of aromatic amines is 1. The van der Waals surface area contributed by atoms with Gasteiger partial charge in [0, 0.05) is 57.1 Å². The van der Waals surface area contributed by atoms with Crippen molar-refractivity contribution in [2.75, 3.05) is 0 Å². The number of pyridine rings is 1. The van der Waals surface area contributed by atoms with Crippen molar-refractivity contribution in [3.63, 3.8) is 0 Å². The van der Waals surface area contributed by atoms with Crippen LogP contribution >= 0.6 is 19.4 Å². The van der Waals surface area contributed by atoms with E-state index in [1.165, 1.54) is 43.3 Å². The molecule has 177 valence electrons. The molecule has 0 amide bonds. The minimum atomic E-state index is -4.80. The fraction of sp³-hybridized carbons (Fsp3) is 0.150. The average molecular weight is 545 g/mol. The van der Waals surface area contributed by atoms with Crippen molar-refractivity contribution in [1.82, 2.24) is 4.98 Å². The van der Waals surface area contributed by atoms with Crippen LogP contribution in [0.15, 0.2) is 53.3 Å². The summed E-state index contributed by atoms with van der Waals surface area (Å²) in [6.45, 7) is 0.952. The molecule has 1 radical (unpaired) electrons. The van der Waals surface area contributed by atoms with Crippen molar-refractivity contribution < 1.29 is 41.5 Å². The Morgan fingerprint density at radius 3 is 2.00 bits per heavy atom. The fourth-order valence-electron chi connectivity index (χ4n) is 2.86. The standard InChI is InChI=1S/C20H16ClF3NO7P.K/c1-11-18(21)19(26)17(16(25-11)10-30-33(27,28)29)12-2-4-13(5-3-12)31-14-6-8-15(9-7-14)32-20(22,23)24;/h2-9H,10H2,1H3,(H,25,26)(H2,27,28,29);. The third kappa shape index (κ3) is 8.20. The number of H-pyrrole nitrogens is 1. The van der Waals surface area contributed by atoms with Crippen LogP contribution in [-0.2, 0) is 15.7 Å². The van der Waals surface area contributed by atoms with Crippen molar-refractivity contribution in [2.45, 2.75) is 19.9 Å². The predicted octanol–water partition coefficient (Wildman–Crippen LogP) is 4.92. The van der Waals surface area contributed by atoms with Crippen molar-refractivity contribution in [3.8, 4) is 28.4 Å². The number of hydrogen-bond acceptors (Lipinski definition) is 5. The van der Waals surface area contributed by atoms with Gasteiger partial charge in [0.1, 0.15) is 22.3 Å². The zero-order chi connectivity index (χ0) is 24.4. The van der Waals surface area contributed by atoms with Crippen LogP contribution in [0.1, 0.15) is 11.4 Å². The molecule has 0 saturated heterocycles. The maximum absolute atomic E-state index is 12.7. The SMILES string of the molecule is Cc1[nH]c(COP(=O)(O)O)c(-c2ccc(Oc3ccc(OC(F)(F)F)cc3)cc2)c(=O)c1Cl.[K]. The molecule has 0 bridgehead atoms. The van der Waals surface area contributed by atoms with Crippen LogP contribution in [0.3, 0.4) is 0 Å². The van der Waals surface area contributed by atoms with E-state index in [4.69, 9.17) is 26.1 Å². The number of rotatable bonds is 7. The van der Waals surface area contributed by atoms with E-state index in [0.29, 0.717) is 17.0 Å². The summed E-state index contributed by atoms with van der Waals surface area (Å²) in [6.07, 6.45) is -4.80. The molecule has 34 heavy (non-hydrogen) atoms. The second kappa shape index (κ2) is 11.7. The number of benzene rings is 2. The molecule has 2 aromatic carbocycles. The summed E-state index contributed by atoms with van der Waals surface area (Å²) in [5.41, 5.74) is 0.265. The Hall–Kier alpha value is -1.18. The van der Waals surface area contributed by atoms with Gasteiger partial charge in [-0.15, -0.1) is 13.2 Å². The van der Waals surface area contributed by atoms with E-state index in [0.717, 1.165) is 12.1 Å². The minimum Gasteiger partial charge on any atom is -0.457 e. The first kappa shape index (κ1) is 29.0. The van der Waals surface area contributed by atoms with Gasteiger partial charge >= 0.3 is 14.2 Å². The number of hydrogen-bond donors (Lipinski definition) is 3. The topological polar surface area (TPSA) is 118 Å². The zero-order valence-corrected chi connectivity index (χ0v) is 22.5. The van der Waals surface area contributed by atoms with E-state index in [1.807, 2.05) is 0 Å². The molecular formula is C20H16ClF3KNO7P. The average Bonchev–Trinajstić information content (AvgIpc) is 2.71. The Kier molecular flexibility index (Phi) is 10.00. The second-order valence-corrected chi connectivity index (χ2v) is 8.27. The van der Waals surface area contributed by atoms with Gasteiger partial charge in [-0.2, -0.15) is 0 Å². The van der Waals surface area contributed by atoms with Crippen LogP contribution in [0.5, 0.6) is 17.2 Å². The molecule has 0 fully saturated rings. The first-order chi connectivity index (χ1) is 15.3. The Bertz CT molecular complexity index is 1250. The smallest absolute Gasteiger partial charge is 0.457 e. The summed E-state index contributed by atoms with van der Waals surface area (Å²) in [5.74, 6) is 0.154. The maximum Gasteiger partial charge on any atom is 0.573 e. The van der Waals surface area contributed by atoms with Gasteiger partial charge in [-0.25, -0.2) is 4.57 Å². The van der Waals surface area contributed by atoms with Crippen LogP contribution in [0.25, 0.3) is 11.1 Å². The molecule has 0 unspecified atom stereocenters. The number of phosphoric ester groups is 1. The van der Waals surface area contributed by atoms with E-state index in [1.54, 1.807) is 0 Å². The Morgan fingerprint density at radius 1 is 1.00 bits per heavy atom. The van der Waals surface area contributed by atoms with Crippen molar-refractivity contribution in [2.24, 2.45) is 0 Å². The van der Waals surface area contributed by atoms with Gasteiger partial charge in [-0.05, 0) is 48.9 Å². The molecule has 0 aliphatic carbocycles. The van der Waals surface area contributed by atoms with Crippen molar-refractivity contribution >= 4 is 70.8 Å². The monoisotopic (exact) mass is 544 g/mol. The summed E-state index contributed by atoms with van der Waals surface area (Å²) >= 11 is 6.04. The van der Waals surface area contributed by atoms with E-state index in [9.17, 15) is 22.5 Å². The van der Waals surface area contributed by atoms with Gasteiger partial charge in [0.2, 0.25) is 5.43 Å². The number of ether oxygens (including phenoxy) is 2. The van der Waals surface area contributed by atoms with Gasteiger partial charge < -0.3 is 24.2 Å². The van der Waals surface area contributed by atoms with Crippen molar-refractivity contribution in [1.29, 1.82) is 0 Å². The molecule has 14 heteroatoms. The Labute approximate surface area is 238 Å². The number of nitrogens with one attached hydrogen (secondary N) is 1. The molecule has 0 atom stereocenters. The summed E-state index contributed by atoms with van der Waals surface area (Å²) in [4.78, 5) is 33.5. The largest absolute Gasteiger partial charge is 0.573 e. The summed E-state index contributed by atoms with van der Waals surface area (Å²) in [7, 11) is -4.79. The van der Waals surface area contributed by atoms with Gasteiger partial charge in [0.15, 0.2) is 0 Å². The van der Waals surface area contributed by atoms with Crippen molar-refractivity contribution in [3.05, 3.63) is 75.2 Å². The van der Waals surface area contributed by atoms with Gasteiger partial charge in [0.25, 0.3) is 0 Å².